The zero-order valence-electron chi connectivity index (χ0n) is 15.6. The van der Waals surface area contributed by atoms with Gasteiger partial charge < -0.3 is 5.32 Å². The van der Waals surface area contributed by atoms with Crippen molar-refractivity contribution in [3.8, 4) is 11.3 Å². The lowest BCUT2D eigenvalue weighted by molar-refractivity contribution is -0.191. The summed E-state index contributed by atoms with van der Waals surface area (Å²) < 4.78 is 27.2. The van der Waals surface area contributed by atoms with E-state index in [4.69, 9.17) is 9.59 Å². The first-order valence-corrected chi connectivity index (χ1v) is 8.42. The highest BCUT2D eigenvalue weighted by Crippen LogP contribution is 2.23. The number of anilines is 1. The van der Waals surface area contributed by atoms with Crippen molar-refractivity contribution in [3.63, 3.8) is 0 Å². The fourth-order valence-electron chi connectivity index (χ4n) is 2.50. The van der Waals surface area contributed by atoms with Gasteiger partial charge in [-0.15, -0.1) is 0 Å². The Morgan fingerprint density at radius 2 is 1.72 bits per heavy atom. The van der Waals surface area contributed by atoms with Crippen LogP contribution in [0.4, 0.5) is 14.6 Å². The summed E-state index contributed by atoms with van der Waals surface area (Å²) in [4.78, 5) is 40.1. The monoisotopic (exact) mass is 398 g/mol. The maximum absolute atomic E-state index is 13.6. The predicted octanol–water partition coefficient (Wildman–Crippen LogP) is 3.36. The average Bonchev–Trinajstić information content (AvgIpc) is 2.69. The van der Waals surface area contributed by atoms with E-state index in [1.807, 2.05) is 19.1 Å². The minimum absolute atomic E-state index is 0.0960. The van der Waals surface area contributed by atoms with Gasteiger partial charge in [0.1, 0.15) is 5.56 Å². The number of amides is 1. The number of aromatic nitrogens is 3. The summed E-state index contributed by atoms with van der Waals surface area (Å²) in [5.41, 5.74) is 3.11. The van der Waals surface area contributed by atoms with Crippen LogP contribution >= 0.6 is 0 Å². The van der Waals surface area contributed by atoms with Crippen molar-refractivity contribution in [2.75, 3.05) is 5.32 Å². The van der Waals surface area contributed by atoms with Crippen LogP contribution in [-0.2, 0) is 16.0 Å². The zero-order valence-corrected chi connectivity index (χ0v) is 15.6. The molecule has 9 heteroatoms. The molecule has 0 bridgehead atoms. The molecule has 0 saturated heterocycles. The molecule has 1 aromatic carbocycles. The number of benzene rings is 1. The van der Waals surface area contributed by atoms with Gasteiger partial charge >= 0.3 is 6.15 Å². The molecule has 0 aliphatic rings. The minimum Gasteiger partial charge on any atom is -0.305 e. The van der Waals surface area contributed by atoms with Gasteiger partial charge in [-0.3, -0.25) is 14.8 Å². The number of halogens is 2. The first kappa shape index (κ1) is 21.5. The Kier molecular flexibility index (Phi) is 7.33. The lowest BCUT2D eigenvalue weighted by atomic mass is 10.0. The van der Waals surface area contributed by atoms with Crippen LogP contribution in [0.2, 0.25) is 0 Å². The highest BCUT2D eigenvalue weighted by Gasteiger charge is 2.18. The van der Waals surface area contributed by atoms with Gasteiger partial charge in [-0.2, -0.15) is 9.59 Å². The van der Waals surface area contributed by atoms with E-state index in [2.05, 4.69) is 33.3 Å². The molecule has 29 heavy (non-hydrogen) atoms. The quantitative estimate of drug-likeness (QED) is 0.723. The first-order chi connectivity index (χ1) is 13.9. The van der Waals surface area contributed by atoms with Crippen molar-refractivity contribution >= 4 is 17.9 Å². The Labute approximate surface area is 164 Å². The van der Waals surface area contributed by atoms with Gasteiger partial charge in [-0.05, 0) is 30.5 Å². The molecule has 0 saturated carbocycles. The van der Waals surface area contributed by atoms with Crippen LogP contribution in [0.15, 0.2) is 43.0 Å². The third-order valence-electron chi connectivity index (χ3n) is 3.96. The maximum Gasteiger partial charge on any atom is 0.373 e. The Balaban J connectivity index is 0.000000941. The smallest absolute Gasteiger partial charge is 0.305 e. The third-order valence-corrected chi connectivity index (χ3v) is 3.96. The Morgan fingerprint density at radius 3 is 2.28 bits per heavy atom. The molecular formula is C20H16F2N4O3. The second-order valence-electron chi connectivity index (χ2n) is 5.81. The Morgan fingerprint density at radius 1 is 1.07 bits per heavy atom. The number of rotatable bonds is 4. The lowest BCUT2D eigenvalue weighted by Crippen LogP contribution is -2.17. The van der Waals surface area contributed by atoms with Gasteiger partial charge in [0.2, 0.25) is 0 Å². The van der Waals surface area contributed by atoms with Crippen molar-refractivity contribution in [2.24, 2.45) is 0 Å². The molecular weight excluding hydrogens is 382 g/mol. The molecule has 0 unspecified atom stereocenters. The van der Waals surface area contributed by atoms with Gasteiger partial charge in [0, 0.05) is 5.56 Å². The van der Waals surface area contributed by atoms with Crippen molar-refractivity contribution in [3.05, 3.63) is 71.3 Å². The fraction of sp³-hybridized carbons (Fsp3) is 0.150. The van der Waals surface area contributed by atoms with Gasteiger partial charge in [-0.25, -0.2) is 13.8 Å². The van der Waals surface area contributed by atoms with E-state index >= 15 is 0 Å². The molecule has 2 aromatic heterocycles. The van der Waals surface area contributed by atoms with Crippen LogP contribution in [-0.4, -0.2) is 27.0 Å². The van der Waals surface area contributed by atoms with E-state index in [0.717, 1.165) is 29.9 Å². The van der Waals surface area contributed by atoms with Crippen molar-refractivity contribution in [2.45, 2.75) is 20.3 Å². The Hall–Kier alpha value is -3.84. The molecule has 0 spiro atoms. The molecule has 0 aliphatic heterocycles. The van der Waals surface area contributed by atoms with E-state index in [1.165, 1.54) is 18.0 Å². The van der Waals surface area contributed by atoms with E-state index in [-0.39, 0.29) is 12.0 Å². The van der Waals surface area contributed by atoms with Crippen molar-refractivity contribution in [1.82, 2.24) is 15.0 Å². The van der Waals surface area contributed by atoms with E-state index in [9.17, 15) is 13.6 Å². The van der Waals surface area contributed by atoms with E-state index in [1.54, 1.807) is 0 Å². The largest absolute Gasteiger partial charge is 0.373 e. The van der Waals surface area contributed by atoms with Crippen LogP contribution in [0.25, 0.3) is 11.3 Å². The summed E-state index contributed by atoms with van der Waals surface area (Å²) in [5.74, 6) is -2.94. The van der Waals surface area contributed by atoms with Crippen molar-refractivity contribution in [1.29, 1.82) is 0 Å². The highest BCUT2D eigenvalue weighted by molar-refractivity contribution is 6.04. The molecule has 3 rings (SSSR count). The normalized spacial score (nSPS) is 9.79. The van der Waals surface area contributed by atoms with Crippen LogP contribution < -0.4 is 5.32 Å². The molecule has 1 N–H and O–H groups in total. The first-order valence-electron chi connectivity index (χ1n) is 8.42. The predicted molar refractivity (Wildman–Crippen MR) is 98.7 cm³/mol. The number of pyridine rings is 1. The standard InChI is InChI=1S/C19H16F2N4O.CO2/c1-3-12-5-4-11(2)13(6-12)16-9-24-17(10-23-16)25-19(26)18-14(20)7-22-8-15(18)21;2-1-3/h4-10H,3H2,1-2H3,(H,24,25,26);. The molecule has 7 nitrogen and oxygen atoms in total. The van der Waals surface area contributed by atoms with Crippen molar-refractivity contribution < 1.29 is 23.2 Å². The van der Waals surface area contributed by atoms with Crippen LogP contribution in [0.1, 0.15) is 28.4 Å². The summed E-state index contributed by atoms with van der Waals surface area (Å²) in [5, 5.41) is 2.34. The maximum atomic E-state index is 13.6. The summed E-state index contributed by atoms with van der Waals surface area (Å²) in [7, 11) is 0. The number of hydrogen-bond donors (Lipinski definition) is 1. The summed E-state index contributed by atoms with van der Waals surface area (Å²) >= 11 is 0. The molecule has 148 valence electrons. The molecule has 0 aliphatic carbocycles. The number of aryl methyl sites for hydroxylation is 2. The minimum atomic E-state index is -1.04. The number of carbonyl (C=O) groups is 1. The summed E-state index contributed by atoms with van der Waals surface area (Å²) in [6.45, 7) is 4.04. The average molecular weight is 398 g/mol. The van der Waals surface area contributed by atoms with Gasteiger partial charge in [0.15, 0.2) is 17.5 Å². The molecule has 0 radical (unpaired) electrons. The molecule has 0 atom stereocenters. The molecule has 3 aromatic rings. The number of carbonyl (C=O) groups excluding carboxylic acids is 3. The van der Waals surface area contributed by atoms with Crippen LogP contribution in [0.3, 0.4) is 0 Å². The molecule has 0 fully saturated rings. The molecule has 1 amide bonds. The Bertz CT molecular complexity index is 1030. The number of hydrogen-bond acceptors (Lipinski definition) is 6. The van der Waals surface area contributed by atoms with Crippen LogP contribution in [0, 0.1) is 18.6 Å². The second kappa shape index (κ2) is 9.91. The second-order valence-corrected chi connectivity index (χ2v) is 5.81. The highest BCUT2D eigenvalue weighted by atomic mass is 19.1. The zero-order chi connectivity index (χ0) is 21.4. The SMILES string of the molecule is CCc1ccc(C)c(-c2cnc(NC(=O)c3c(F)cncc3F)cn2)c1.O=C=O. The third kappa shape index (κ3) is 5.33. The van der Waals surface area contributed by atoms with E-state index < -0.39 is 23.1 Å². The summed E-state index contributed by atoms with van der Waals surface area (Å²) in [6, 6.07) is 6.11. The number of nitrogens with zero attached hydrogens (tertiary/aromatic N) is 3. The lowest BCUT2D eigenvalue weighted by Gasteiger charge is -2.09. The van der Waals surface area contributed by atoms with Crippen LogP contribution in [0.5, 0.6) is 0 Å². The molecule has 2 heterocycles. The van der Waals surface area contributed by atoms with Gasteiger partial charge in [0.25, 0.3) is 5.91 Å². The fourth-order valence-corrected chi connectivity index (χ4v) is 2.50. The number of nitrogens with one attached hydrogen (secondary N) is 1. The van der Waals surface area contributed by atoms with Gasteiger partial charge in [-0.1, -0.05) is 19.1 Å². The summed E-state index contributed by atoms with van der Waals surface area (Å²) in [6.07, 6.45) is 5.56. The topological polar surface area (TPSA) is 102 Å². The van der Waals surface area contributed by atoms with Gasteiger partial charge in [0.05, 0.1) is 30.5 Å². The van der Waals surface area contributed by atoms with E-state index in [0.29, 0.717) is 5.69 Å².